The van der Waals surface area contributed by atoms with Crippen molar-refractivity contribution in [1.29, 1.82) is 0 Å². The highest BCUT2D eigenvalue weighted by molar-refractivity contribution is 6.04. The van der Waals surface area contributed by atoms with Crippen LogP contribution in [0.3, 0.4) is 0 Å². The summed E-state index contributed by atoms with van der Waals surface area (Å²) in [5, 5.41) is 12.7. The van der Waals surface area contributed by atoms with Crippen LogP contribution in [-0.4, -0.2) is 36.7 Å². The number of aromatic carboxylic acids is 1. The molecule has 0 radical (unpaired) electrons. The van der Waals surface area contributed by atoms with E-state index in [2.05, 4.69) is 5.32 Å². The molecule has 0 bridgehead atoms. The monoisotopic (exact) mass is 395 g/mol. The molecule has 0 aromatic heterocycles. The smallest absolute Gasteiger partial charge is 0.336 e. The molecule has 5 nitrogen and oxygen atoms in total. The van der Waals surface area contributed by atoms with Gasteiger partial charge >= 0.3 is 5.97 Å². The van der Waals surface area contributed by atoms with E-state index < -0.39 is 5.97 Å². The average molecular weight is 395 g/mol. The topological polar surface area (TPSA) is 75.6 Å². The fourth-order valence-electron chi connectivity index (χ4n) is 4.26. The summed E-state index contributed by atoms with van der Waals surface area (Å²) >= 11 is 0. The predicted molar refractivity (Wildman–Crippen MR) is 113 cm³/mol. The van der Waals surface area contributed by atoms with Crippen molar-refractivity contribution in [3.05, 3.63) is 59.7 Å². The number of carbonyl (C=O) groups is 2. The van der Waals surface area contributed by atoms with Crippen LogP contribution in [0.25, 0.3) is 11.1 Å². The van der Waals surface area contributed by atoms with Crippen LogP contribution < -0.4 is 5.32 Å². The Morgan fingerprint density at radius 3 is 2.21 bits per heavy atom. The molecule has 5 heteroatoms. The van der Waals surface area contributed by atoms with Gasteiger partial charge in [-0.2, -0.15) is 0 Å². The van der Waals surface area contributed by atoms with Crippen molar-refractivity contribution in [3.63, 3.8) is 0 Å². The number of rotatable bonds is 9. The molecule has 1 aliphatic carbocycles. The Kier molecular flexibility index (Phi) is 7.04. The zero-order chi connectivity index (χ0) is 20.7. The molecule has 0 heterocycles. The van der Waals surface area contributed by atoms with Crippen LogP contribution in [-0.2, 0) is 4.74 Å². The maximum Gasteiger partial charge on any atom is 0.336 e. The maximum atomic E-state index is 13.1. The third kappa shape index (κ3) is 5.04. The number of carboxylic acids is 1. The van der Waals surface area contributed by atoms with Gasteiger partial charge in [0.2, 0.25) is 0 Å². The van der Waals surface area contributed by atoms with Crippen LogP contribution in [0, 0.1) is 5.41 Å². The summed E-state index contributed by atoms with van der Waals surface area (Å²) < 4.78 is 5.56. The highest BCUT2D eigenvalue weighted by atomic mass is 16.5. The van der Waals surface area contributed by atoms with Crippen molar-refractivity contribution in [2.75, 3.05) is 19.8 Å². The predicted octanol–water partition coefficient (Wildman–Crippen LogP) is 4.77. The van der Waals surface area contributed by atoms with Crippen LogP contribution >= 0.6 is 0 Å². The van der Waals surface area contributed by atoms with E-state index in [1.54, 1.807) is 36.4 Å². The number of hydrogen-bond acceptors (Lipinski definition) is 3. The number of carbonyl (C=O) groups excluding carboxylic acids is 1. The summed E-state index contributed by atoms with van der Waals surface area (Å²) in [6.07, 6.45) is 5.52. The minimum atomic E-state index is -1.00. The molecule has 1 fully saturated rings. The van der Waals surface area contributed by atoms with Gasteiger partial charge in [-0.05, 0) is 54.9 Å². The number of benzene rings is 2. The van der Waals surface area contributed by atoms with Crippen molar-refractivity contribution in [1.82, 2.24) is 5.32 Å². The summed E-state index contributed by atoms with van der Waals surface area (Å²) in [6.45, 7) is 4.04. The molecule has 2 aromatic carbocycles. The Balaban J connectivity index is 1.80. The molecule has 0 atom stereocenters. The maximum absolute atomic E-state index is 13.1. The first-order chi connectivity index (χ1) is 14.1. The van der Waals surface area contributed by atoms with E-state index in [4.69, 9.17) is 4.74 Å². The average Bonchev–Trinajstić information content (AvgIpc) is 3.21. The van der Waals surface area contributed by atoms with Crippen molar-refractivity contribution >= 4 is 11.9 Å². The quantitative estimate of drug-likeness (QED) is 0.600. The van der Waals surface area contributed by atoms with Gasteiger partial charge in [0.15, 0.2) is 0 Å². The lowest BCUT2D eigenvalue weighted by atomic mass is 9.82. The van der Waals surface area contributed by atoms with Gasteiger partial charge in [-0.1, -0.05) is 49.2 Å². The summed E-state index contributed by atoms with van der Waals surface area (Å²) in [5.41, 5.74) is 1.98. The van der Waals surface area contributed by atoms with Gasteiger partial charge in [0.05, 0.1) is 5.56 Å². The zero-order valence-electron chi connectivity index (χ0n) is 16.9. The molecule has 1 aliphatic rings. The number of hydrogen-bond donors (Lipinski definition) is 2. The van der Waals surface area contributed by atoms with Crippen LogP contribution in [0.4, 0.5) is 0 Å². The summed E-state index contributed by atoms with van der Waals surface area (Å²) in [7, 11) is 0. The first-order valence-electron chi connectivity index (χ1n) is 10.3. The molecule has 2 N–H and O–H groups in total. The molecule has 0 spiro atoms. The van der Waals surface area contributed by atoms with Crippen molar-refractivity contribution in [2.24, 2.45) is 5.41 Å². The van der Waals surface area contributed by atoms with Gasteiger partial charge in [0, 0.05) is 25.3 Å². The zero-order valence-corrected chi connectivity index (χ0v) is 16.9. The van der Waals surface area contributed by atoms with E-state index in [0.717, 1.165) is 25.9 Å². The third-order valence-corrected chi connectivity index (χ3v) is 5.89. The van der Waals surface area contributed by atoms with E-state index in [-0.39, 0.29) is 16.9 Å². The molecule has 2 aromatic rings. The third-order valence-electron chi connectivity index (χ3n) is 5.89. The molecular formula is C24H29NO4. The van der Waals surface area contributed by atoms with E-state index >= 15 is 0 Å². The molecule has 1 saturated carbocycles. The van der Waals surface area contributed by atoms with Gasteiger partial charge in [0.1, 0.15) is 0 Å². The second-order valence-corrected chi connectivity index (χ2v) is 7.73. The lowest BCUT2D eigenvalue weighted by molar-refractivity contribution is 0.0697. The number of nitrogens with one attached hydrogen (secondary N) is 1. The highest BCUT2D eigenvalue weighted by Crippen LogP contribution is 2.40. The van der Waals surface area contributed by atoms with Gasteiger partial charge in [-0.15, -0.1) is 0 Å². The lowest BCUT2D eigenvalue weighted by Gasteiger charge is -2.29. The number of carboxylic acid groups (broad SMARTS) is 1. The van der Waals surface area contributed by atoms with Crippen LogP contribution in [0.1, 0.15) is 59.7 Å². The van der Waals surface area contributed by atoms with E-state index in [9.17, 15) is 14.7 Å². The fourth-order valence-corrected chi connectivity index (χ4v) is 4.26. The minimum Gasteiger partial charge on any atom is -0.478 e. The fraction of sp³-hybridized carbons (Fsp3) is 0.417. The van der Waals surface area contributed by atoms with E-state index in [1.165, 1.54) is 12.8 Å². The largest absolute Gasteiger partial charge is 0.478 e. The summed E-state index contributed by atoms with van der Waals surface area (Å²) in [5.74, 6) is -1.17. The SMILES string of the molecule is CCOCCC1(CNC(=O)c2ccccc2-c2ccccc2C(=O)O)CCCC1. The lowest BCUT2D eigenvalue weighted by Crippen LogP contribution is -2.37. The van der Waals surface area contributed by atoms with Crippen LogP contribution in [0.15, 0.2) is 48.5 Å². The molecule has 0 saturated heterocycles. The second-order valence-electron chi connectivity index (χ2n) is 7.73. The second kappa shape index (κ2) is 9.70. The Hall–Kier alpha value is -2.66. The van der Waals surface area contributed by atoms with E-state index in [1.807, 2.05) is 19.1 Å². The van der Waals surface area contributed by atoms with Crippen LogP contribution in [0.5, 0.6) is 0 Å². The molecule has 0 aliphatic heterocycles. The van der Waals surface area contributed by atoms with Crippen molar-refractivity contribution in [3.8, 4) is 11.1 Å². The molecular weight excluding hydrogens is 366 g/mol. The van der Waals surface area contributed by atoms with Gasteiger partial charge in [0.25, 0.3) is 5.91 Å². The molecule has 29 heavy (non-hydrogen) atoms. The van der Waals surface area contributed by atoms with Gasteiger partial charge < -0.3 is 15.2 Å². The van der Waals surface area contributed by atoms with E-state index in [0.29, 0.717) is 29.8 Å². The Bertz CT molecular complexity index is 855. The number of ether oxygens (including phenoxy) is 1. The van der Waals surface area contributed by atoms with Crippen molar-refractivity contribution < 1.29 is 19.4 Å². The Labute approximate surface area is 172 Å². The number of amides is 1. The standard InChI is InChI=1S/C24H29NO4/c1-2-29-16-15-24(13-7-8-14-24)17-25-22(26)20-11-5-3-9-18(20)19-10-4-6-12-21(19)23(27)28/h3-6,9-12H,2,7-8,13-17H2,1H3,(H,25,26)(H,27,28). The molecule has 154 valence electrons. The van der Waals surface area contributed by atoms with Gasteiger partial charge in [-0.25, -0.2) is 4.79 Å². The van der Waals surface area contributed by atoms with Crippen molar-refractivity contribution in [2.45, 2.75) is 39.0 Å². The normalized spacial score (nSPS) is 15.2. The Morgan fingerprint density at radius 1 is 1.00 bits per heavy atom. The summed E-state index contributed by atoms with van der Waals surface area (Å²) in [6, 6.07) is 14.0. The van der Waals surface area contributed by atoms with Crippen LogP contribution in [0.2, 0.25) is 0 Å². The first-order valence-corrected chi connectivity index (χ1v) is 10.3. The minimum absolute atomic E-state index is 0.0960. The highest BCUT2D eigenvalue weighted by Gasteiger charge is 2.34. The van der Waals surface area contributed by atoms with Gasteiger partial charge in [-0.3, -0.25) is 4.79 Å². The first kappa shape index (κ1) is 21.1. The molecule has 1 amide bonds. The summed E-state index contributed by atoms with van der Waals surface area (Å²) in [4.78, 5) is 24.7. The molecule has 0 unspecified atom stereocenters. The Morgan fingerprint density at radius 2 is 1.59 bits per heavy atom. The molecule has 3 rings (SSSR count).